The molecule has 1 aliphatic heterocycles. The number of rotatable bonds is 1. The molecule has 1 aliphatic rings. The first kappa shape index (κ1) is 5.50. The summed E-state index contributed by atoms with van der Waals surface area (Å²) in [5.41, 5.74) is 0. The molecule has 3 heteroatoms. The van der Waals surface area contributed by atoms with Gasteiger partial charge in [-0.25, -0.2) is 0 Å². The Kier molecular flexibility index (Phi) is 2.05. The van der Waals surface area contributed by atoms with Crippen LogP contribution < -0.4 is 3.53 Å². The Morgan fingerprint density at radius 2 is 2.71 bits per heavy atom. The zero-order chi connectivity index (χ0) is 5.11. The lowest BCUT2D eigenvalue weighted by Crippen LogP contribution is -2.19. The van der Waals surface area contributed by atoms with Crippen LogP contribution in [0.1, 0.15) is 6.42 Å². The van der Waals surface area contributed by atoms with Crippen molar-refractivity contribution in [1.29, 1.82) is 0 Å². The van der Waals surface area contributed by atoms with Crippen LogP contribution in [-0.4, -0.2) is 18.8 Å². The molecule has 2 nitrogen and oxygen atoms in total. The summed E-state index contributed by atoms with van der Waals surface area (Å²) < 4.78 is 3.11. The standard InChI is InChI=1S/C4H7IN2/c5-7-4-1-2-6-3-4/h2,4,7H,1,3H2. The predicted octanol–water partition coefficient (Wildman–Crippen LogP) is 0.769. The van der Waals surface area contributed by atoms with Gasteiger partial charge in [-0.3, -0.25) is 8.52 Å². The van der Waals surface area contributed by atoms with Gasteiger partial charge in [-0.05, 0) is 0 Å². The maximum Gasteiger partial charge on any atom is 0.0550 e. The van der Waals surface area contributed by atoms with Gasteiger partial charge in [-0.1, -0.05) is 0 Å². The van der Waals surface area contributed by atoms with Gasteiger partial charge < -0.3 is 0 Å². The maximum absolute atomic E-state index is 4.04. The van der Waals surface area contributed by atoms with E-state index >= 15 is 0 Å². The molecule has 1 unspecified atom stereocenters. The zero-order valence-corrected chi connectivity index (χ0v) is 6.05. The minimum absolute atomic E-state index is 0.612. The number of hydrogen-bond acceptors (Lipinski definition) is 2. The van der Waals surface area contributed by atoms with Crippen molar-refractivity contribution in [3.8, 4) is 0 Å². The number of nitrogens with zero attached hydrogens (tertiary/aromatic N) is 1. The Balaban J connectivity index is 2.22. The van der Waals surface area contributed by atoms with E-state index in [1.165, 1.54) is 0 Å². The average Bonchev–Trinajstić information content (AvgIpc) is 2.14. The van der Waals surface area contributed by atoms with Crippen molar-refractivity contribution in [2.24, 2.45) is 4.99 Å². The molecule has 1 N–H and O–H groups in total. The largest absolute Gasteiger partial charge is 0.296 e. The Morgan fingerprint density at radius 1 is 1.86 bits per heavy atom. The topological polar surface area (TPSA) is 24.4 Å². The van der Waals surface area contributed by atoms with Crippen molar-refractivity contribution >= 4 is 29.1 Å². The molecule has 0 amide bonds. The van der Waals surface area contributed by atoms with Gasteiger partial charge in [0.05, 0.1) is 6.54 Å². The van der Waals surface area contributed by atoms with E-state index in [-0.39, 0.29) is 0 Å². The summed E-state index contributed by atoms with van der Waals surface area (Å²) >= 11 is 2.16. The fourth-order valence-electron chi connectivity index (χ4n) is 0.557. The van der Waals surface area contributed by atoms with Gasteiger partial charge in [-0.15, -0.1) is 0 Å². The maximum atomic E-state index is 4.04. The first-order valence-electron chi connectivity index (χ1n) is 2.28. The smallest absolute Gasteiger partial charge is 0.0550 e. The molecule has 0 saturated carbocycles. The highest BCUT2D eigenvalue weighted by atomic mass is 127. The molecule has 0 bridgehead atoms. The highest BCUT2D eigenvalue weighted by molar-refractivity contribution is 14.1. The quantitative estimate of drug-likeness (QED) is 0.501. The fourth-order valence-corrected chi connectivity index (χ4v) is 1.01. The molecule has 7 heavy (non-hydrogen) atoms. The summed E-state index contributed by atoms with van der Waals surface area (Å²) in [6.45, 7) is 0.961. The second-order valence-corrected chi connectivity index (χ2v) is 2.21. The summed E-state index contributed by atoms with van der Waals surface area (Å²) in [4.78, 5) is 4.04. The van der Waals surface area contributed by atoms with E-state index in [4.69, 9.17) is 0 Å². The van der Waals surface area contributed by atoms with Gasteiger partial charge in [0.15, 0.2) is 0 Å². The second-order valence-electron chi connectivity index (χ2n) is 1.59. The lowest BCUT2D eigenvalue weighted by Gasteiger charge is -1.99. The van der Waals surface area contributed by atoms with Crippen LogP contribution in [0.3, 0.4) is 0 Å². The van der Waals surface area contributed by atoms with Gasteiger partial charge >= 0.3 is 0 Å². The van der Waals surface area contributed by atoms with Gasteiger partial charge in [0.25, 0.3) is 0 Å². The highest BCUT2D eigenvalue weighted by Gasteiger charge is 2.06. The minimum Gasteiger partial charge on any atom is -0.296 e. The molecule has 0 aromatic heterocycles. The number of hydrogen-bond donors (Lipinski definition) is 1. The van der Waals surface area contributed by atoms with Crippen molar-refractivity contribution in [3.63, 3.8) is 0 Å². The molecule has 0 fully saturated rings. The van der Waals surface area contributed by atoms with Crippen molar-refractivity contribution < 1.29 is 0 Å². The Labute approximate surface area is 56.9 Å². The minimum atomic E-state index is 0.612. The van der Waals surface area contributed by atoms with Crippen molar-refractivity contribution in [2.75, 3.05) is 6.54 Å². The van der Waals surface area contributed by atoms with E-state index in [1.807, 2.05) is 6.21 Å². The van der Waals surface area contributed by atoms with Crippen LogP contribution in [0.4, 0.5) is 0 Å². The molecule has 40 valence electrons. The zero-order valence-electron chi connectivity index (χ0n) is 3.89. The van der Waals surface area contributed by atoms with Crippen LogP contribution in [0.2, 0.25) is 0 Å². The molecular weight excluding hydrogens is 203 g/mol. The van der Waals surface area contributed by atoms with Gasteiger partial charge in [0.1, 0.15) is 0 Å². The third kappa shape index (κ3) is 1.38. The van der Waals surface area contributed by atoms with Crippen molar-refractivity contribution in [3.05, 3.63) is 0 Å². The van der Waals surface area contributed by atoms with Gasteiger partial charge in [0.2, 0.25) is 0 Å². The molecule has 1 rings (SSSR count). The normalized spacial score (nSPS) is 29.0. The fraction of sp³-hybridized carbons (Fsp3) is 0.750. The molecule has 1 heterocycles. The van der Waals surface area contributed by atoms with Crippen LogP contribution in [0, 0.1) is 0 Å². The first-order valence-corrected chi connectivity index (χ1v) is 3.36. The molecule has 0 radical (unpaired) electrons. The van der Waals surface area contributed by atoms with Crippen LogP contribution in [0.25, 0.3) is 0 Å². The van der Waals surface area contributed by atoms with Crippen LogP contribution in [-0.2, 0) is 0 Å². The van der Waals surface area contributed by atoms with Gasteiger partial charge in [0, 0.05) is 41.5 Å². The van der Waals surface area contributed by atoms with Crippen LogP contribution in [0.15, 0.2) is 4.99 Å². The molecule has 0 aliphatic carbocycles. The summed E-state index contributed by atoms with van der Waals surface area (Å²) in [7, 11) is 0. The lowest BCUT2D eigenvalue weighted by atomic mass is 10.3. The van der Waals surface area contributed by atoms with E-state index in [0.29, 0.717) is 6.04 Å². The third-order valence-corrected chi connectivity index (χ3v) is 1.88. The van der Waals surface area contributed by atoms with E-state index in [1.54, 1.807) is 0 Å². The van der Waals surface area contributed by atoms with Crippen LogP contribution in [0.5, 0.6) is 0 Å². The average molecular weight is 210 g/mol. The molecular formula is C4H7IN2. The van der Waals surface area contributed by atoms with Crippen LogP contribution >= 0.6 is 22.9 Å². The molecule has 1 atom stereocenters. The van der Waals surface area contributed by atoms with Gasteiger partial charge in [-0.2, -0.15) is 0 Å². The summed E-state index contributed by atoms with van der Waals surface area (Å²) in [6.07, 6.45) is 3.07. The summed E-state index contributed by atoms with van der Waals surface area (Å²) in [5.74, 6) is 0. The van der Waals surface area contributed by atoms with Crippen molar-refractivity contribution in [1.82, 2.24) is 3.53 Å². The lowest BCUT2D eigenvalue weighted by molar-refractivity contribution is 0.725. The van der Waals surface area contributed by atoms with E-state index in [2.05, 4.69) is 31.4 Å². The Morgan fingerprint density at radius 3 is 3.00 bits per heavy atom. The number of aliphatic imine (C=N–C) groups is 1. The Bertz CT molecular complexity index is 73.8. The van der Waals surface area contributed by atoms with Crippen molar-refractivity contribution in [2.45, 2.75) is 12.5 Å². The monoisotopic (exact) mass is 210 g/mol. The first-order chi connectivity index (χ1) is 3.43. The molecule has 0 aromatic rings. The van der Waals surface area contributed by atoms with E-state index in [0.717, 1.165) is 13.0 Å². The summed E-state index contributed by atoms with van der Waals surface area (Å²) in [6, 6.07) is 0.612. The SMILES string of the molecule is INC1CC=NC1. The highest BCUT2D eigenvalue weighted by Crippen LogP contribution is 1.98. The number of nitrogens with one attached hydrogen (secondary N) is 1. The molecule has 0 saturated heterocycles. The number of halogens is 1. The molecule has 0 spiro atoms. The predicted molar refractivity (Wildman–Crippen MR) is 38.9 cm³/mol. The Hall–Kier alpha value is 0.360. The molecule has 0 aromatic carbocycles. The second kappa shape index (κ2) is 2.61. The van der Waals surface area contributed by atoms with E-state index in [9.17, 15) is 0 Å². The summed E-state index contributed by atoms with van der Waals surface area (Å²) in [5, 5.41) is 0. The van der Waals surface area contributed by atoms with E-state index < -0.39 is 0 Å². The third-order valence-electron chi connectivity index (χ3n) is 0.999.